The van der Waals surface area contributed by atoms with Crippen LogP contribution in [-0.4, -0.2) is 22.7 Å². The van der Waals surface area contributed by atoms with Crippen molar-refractivity contribution in [2.75, 3.05) is 4.90 Å². The molecule has 0 saturated heterocycles. The van der Waals surface area contributed by atoms with Crippen LogP contribution in [-0.2, 0) is 11.3 Å². The number of imide groups is 1. The first-order valence-electron chi connectivity index (χ1n) is 9.04. The molecule has 1 heterocycles. The van der Waals surface area contributed by atoms with Gasteiger partial charge in [0.25, 0.3) is 17.5 Å². The van der Waals surface area contributed by atoms with Crippen LogP contribution in [0.25, 0.3) is 0 Å². The Morgan fingerprint density at radius 1 is 0.968 bits per heavy atom. The number of nitro groups is 1. The third-order valence-electron chi connectivity index (χ3n) is 4.75. The maximum Gasteiger partial charge on any atom is 0.338 e. The van der Waals surface area contributed by atoms with Gasteiger partial charge in [0, 0.05) is 6.07 Å². The van der Waals surface area contributed by atoms with Crippen molar-refractivity contribution in [3.8, 4) is 0 Å². The highest BCUT2D eigenvalue weighted by Gasteiger charge is 2.37. The summed E-state index contributed by atoms with van der Waals surface area (Å²) in [6, 6.07) is 14.6. The Balaban J connectivity index is 1.55. The van der Waals surface area contributed by atoms with Crippen molar-refractivity contribution >= 4 is 29.2 Å². The van der Waals surface area contributed by atoms with Crippen molar-refractivity contribution in [1.82, 2.24) is 0 Å². The van der Waals surface area contributed by atoms with E-state index in [1.165, 1.54) is 48.5 Å². The van der Waals surface area contributed by atoms with Crippen LogP contribution in [0, 0.1) is 15.9 Å². The average Bonchev–Trinajstić information content (AvgIpc) is 3.02. The second kappa shape index (κ2) is 7.79. The lowest BCUT2D eigenvalue weighted by atomic mass is 10.1. The molecule has 0 radical (unpaired) electrons. The molecule has 0 unspecified atom stereocenters. The first-order valence-corrected chi connectivity index (χ1v) is 9.04. The van der Waals surface area contributed by atoms with Gasteiger partial charge in [0.05, 0.1) is 32.9 Å². The summed E-state index contributed by atoms with van der Waals surface area (Å²) >= 11 is 0. The average molecular weight is 420 g/mol. The molecule has 31 heavy (non-hydrogen) atoms. The lowest BCUT2D eigenvalue weighted by Crippen LogP contribution is -2.29. The van der Waals surface area contributed by atoms with Gasteiger partial charge in [0.15, 0.2) is 0 Å². The summed E-state index contributed by atoms with van der Waals surface area (Å²) in [6.07, 6.45) is 0. The molecule has 154 valence electrons. The summed E-state index contributed by atoms with van der Waals surface area (Å²) in [4.78, 5) is 49.2. The molecule has 3 aromatic rings. The predicted molar refractivity (Wildman–Crippen MR) is 106 cm³/mol. The van der Waals surface area contributed by atoms with Crippen LogP contribution in [0.15, 0.2) is 66.7 Å². The molecular weight excluding hydrogens is 407 g/mol. The van der Waals surface area contributed by atoms with E-state index in [-0.39, 0.29) is 40.2 Å². The minimum Gasteiger partial charge on any atom is -0.457 e. The highest BCUT2D eigenvalue weighted by Crippen LogP contribution is 2.29. The van der Waals surface area contributed by atoms with Crippen LogP contribution >= 0.6 is 0 Å². The fraction of sp³-hybridized carbons (Fsp3) is 0.0455. The van der Waals surface area contributed by atoms with Crippen molar-refractivity contribution in [3.63, 3.8) is 0 Å². The van der Waals surface area contributed by atoms with Gasteiger partial charge in [-0.2, -0.15) is 0 Å². The Kier molecular flexibility index (Phi) is 5.00. The van der Waals surface area contributed by atoms with Crippen molar-refractivity contribution in [2.45, 2.75) is 6.61 Å². The first kappa shape index (κ1) is 19.9. The molecule has 2 amide bonds. The third-order valence-corrected chi connectivity index (χ3v) is 4.75. The zero-order valence-corrected chi connectivity index (χ0v) is 15.8. The van der Waals surface area contributed by atoms with Gasteiger partial charge < -0.3 is 4.74 Å². The molecule has 1 aliphatic rings. The smallest absolute Gasteiger partial charge is 0.338 e. The maximum absolute atomic E-state index is 13.2. The van der Waals surface area contributed by atoms with Crippen LogP contribution in [0.5, 0.6) is 0 Å². The number of hydrogen-bond acceptors (Lipinski definition) is 6. The number of benzene rings is 3. The van der Waals surface area contributed by atoms with Crippen molar-refractivity contribution in [2.24, 2.45) is 0 Å². The molecule has 4 rings (SSSR count). The molecule has 0 fully saturated rings. The molecule has 0 bridgehead atoms. The number of esters is 1. The van der Waals surface area contributed by atoms with Crippen LogP contribution in [0.4, 0.5) is 15.8 Å². The Morgan fingerprint density at radius 3 is 2.35 bits per heavy atom. The molecule has 1 aliphatic heterocycles. The number of ether oxygens (including phenoxy) is 1. The summed E-state index contributed by atoms with van der Waals surface area (Å²) in [5.41, 5.74) is 0.363. The maximum atomic E-state index is 13.2. The standard InChI is InChI=1S/C22H13FN2O6/c23-15-6-8-16(9-7-15)24-20(26)17-10-5-13(11-18(17)21(24)27)22(28)31-12-14-3-1-2-4-19(14)25(29)30/h1-11H,12H2. The molecule has 9 heteroatoms. The molecule has 0 saturated carbocycles. The Labute approximate surface area is 174 Å². The van der Waals surface area contributed by atoms with Gasteiger partial charge >= 0.3 is 5.97 Å². The summed E-state index contributed by atoms with van der Waals surface area (Å²) in [7, 11) is 0. The summed E-state index contributed by atoms with van der Waals surface area (Å²) in [5, 5.41) is 11.1. The fourth-order valence-corrected chi connectivity index (χ4v) is 3.23. The van der Waals surface area contributed by atoms with E-state index in [4.69, 9.17) is 4.74 Å². The molecule has 0 aliphatic carbocycles. The fourth-order valence-electron chi connectivity index (χ4n) is 3.23. The Morgan fingerprint density at radius 2 is 1.65 bits per heavy atom. The number of anilines is 1. The van der Waals surface area contributed by atoms with Gasteiger partial charge in [-0.25, -0.2) is 14.1 Å². The highest BCUT2D eigenvalue weighted by molar-refractivity contribution is 6.34. The summed E-state index contributed by atoms with van der Waals surface area (Å²) < 4.78 is 18.3. The predicted octanol–water partition coefficient (Wildman–Crippen LogP) is 3.89. The summed E-state index contributed by atoms with van der Waals surface area (Å²) in [6.45, 7) is -0.332. The SMILES string of the molecule is O=C(OCc1ccccc1[N+](=O)[O-])c1ccc2c(c1)C(=O)N(c1ccc(F)cc1)C2=O. The first-order chi connectivity index (χ1) is 14.9. The van der Waals surface area contributed by atoms with E-state index in [1.54, 1.807) is 6.07 Å². The molecular formula is C22H13FN2O6. The van der Waals surface area contributed by atoms with Crippen LogP contribution < -0.4 is 4.90 Å². The minimum atomic E-state index is -0.804. The number of carbonyl (C=O) groups is 3. The quantitative estimate of drug-likeness (QED) is 0.268. The molecule has 0 spiro atoms. The normalized spacial score (nSPS) is 12.6. The van der Waals surface area contributed by atoms with Crippen LogP contribution in [0.3, 0.4) is 0 Å². The molecule has 0 atom stereocenters. The van der Waals surface area contributed by atoms with E-state index in [2.05, 4.69) is 0 Å². The zero-order chi connectivity index (χ0) is 22.1. The minimum absolute atomic E-state index is 0.00877. The van der Waals surface area contributed by atoms with Gasteiger partial charge in [-0.1, -0.05) is 12.1 Å². The van der Waals surface area contributed by atoms with E-state index >= 15 is 0 Å². The van der Waals surface area contributed by atoms with Crippen molar-refractivity contribution < 1.29 is 28.4 Å². The number of carbonyl (C=O) groups excluding carboxylic acids is 3. The number of halogens is 1. The number of amides is 2. The number of nitrogens with zero attached hydrogens (tertiary/aromatic N) is 2. The van der Waals surface area contributed by atoms with Crippen LogP contribution in [0.1, 0.15) is 36.6 Å². The number of para-hydroxylation sites is 1. The summed E-state index contributed by atoms with van der Waals surface area (Å²) in [5.74, 6) is -2.56. The zero-order valence-electron chi connectivity index (χ0n) is 15.8. The lowest BCUT2D eigenvalue weighted by molar-refractivity contribution is -0.385. The second-order valence-corrected chi connectivity index (χ2v) is 6.64. The molecule has 8 nitrogen and oxygen atoms in total. The molecule has 0 N–H and O–H groups in total. The monoisotopic (exact) mass is 420 g/mol. The van der Waals surface area contributed by atoms with Gasteiger partial charge in [-0.3, -0.25) is 19.7 Å². The van der Waals surface area contributed by atoms with E-state index < -0.39 is 28.5 Å². The molecule has 3 aromatic carbocycles. The van der Waals surface area contributed by atoms with Gasteiger partial charge in [-0.15, -0.1) is 0 Å². The largest absolute Gasteiger partial charge is 0.457 e. The van der Waals surface area contributed by atoms with Gasteiger partial charge in [0.2, 0.25) is 0 Å². The van der Waals surface area contributed by atoms with E-state index in [1.807, 2.05) is 0 Å². The van der Waals surface area contributed by atoms with E-state index in [0.29, 0.717) is 0 Å². The number of fused-ring (bicyclic) bond motifs is 1. The Bertz CT molecular complexity index is 1240. The van der Waals surface area contributed by atoms with Crippen molar-refractivity contribution in [1.29, 1.82) is 0 Å². The molecule has 0 aromatic heterocycles. The van der Waals surface area contributed by atoms with Crippen molar-refractivity contribution in [3.05, 3.63) is 105 Å². The second-order valence-electron chi connectivity index (χ2n) is 6.64. The number of rotatable bonds is 5. The Hall–Kier alpha value is -4.40. The lowest BCUT2D eigenvalue weighted by Gasteiger charge is -2.13. The topological polar surface area (TPSA) is 107 Å². The van der Waals surface area contributed by atoms with E-state index in [0.717, 1.165) is 17.0 Å². The van der Waals surface area contributed by atoms with Crippen LogP contribution in [0.2, 0.25) is 0 Å². The third kappa shape index (κ3) is 3.64. The number of hydrogen-bond donors (Lipinski definition) is 0. The number of nitro benzene ring substituents is 1. The highest BCUT2D eigenvalue weighted by atomic mass is 19.1. The van der Waals surface area contributed by atoms with Gasteiger partial charge in [0.1, 0.15) is 12.4 Å². The van der Waals surface area contributed by atoms with E-state index in [9.17, 15) is 28.9 Å². The van der Waals surface area contributed by atoms with Gasteiger partial charge in [-0.05, 0) is 48.5 Å².